The smallest absolute Gasteiger partial charge is 0.336 e. The van der Waals surface area contributed by atoms with Crippen LogP contribution in [0, 0.1) is 6.92 Å². The average Bonchev–Trinajstić information content (AvgIpc) is 2.52. The van der Waals surface area contributed by atoms with Gasteiger partial charge in [0, 0.05) is 17.2 Å². The Kier molecular flexibility index (Phi) is 5.13. The van der Waals surface area contributed by atoms with E-state index in [1.54, 1.807) is 17.8 Å². The van der Waals surface area contributed by atoms with Gasteiger partial charge >= 0.3 is 5.63 Å². The molecule has 0 bridgehead atoms. The maximum absolute atomic E-state index is 11.9. The first-order chi connectivity index (χ1) is 12.3. The molecular weight excluding hydrogens is 350 g/mol. The summed E-state index contributed by atoms with van der Waals surface area (Å²) >= 11 is 1.57. The van der Waals surface area contributed by atoms with Gasteiger partial charge in [0.25, 0.3) is 0 Å². The normalized spacial score (nSPS) is 11.4. The van der Waals surface area contributed by atoms with Gasteiger partial charge in [-0.3, -0.25) is 0 Å². The van der Waals surface area contributed by atoms with Crippen LogP contribution in [0.1, 0.15) is 42.3 Å². The molecule has 0 saturated heterocycles. The van der Waals surface area contributed by atoms with E-state index in [0.717, 1.165) is 16.5 Å². The van der Waals surface area contributed by atoms with Crippen LogP contribution in [0.2, 0.25) is 0 Å². The van der Waals surface area contributed by atoms with Gasteiger partial charge in [-0.05, 0) is 41.7 Å². The summed E-state index contributed by atoms with van der Waals surface area (Å²) in [6, 6.07) is 5.60. The number of hydrogen-bond acceptors (Lipinski definition) is 8. The van der Waals surface area contributed by atoms with Crippen LogP contribution in [-0.2, 0) is 11.5 Å². The number of benzene rings is 1. The minimum Gasteiger partial charge on any atom is -0.423 e. The largest absolute Gasteiger partial charge is 0.423 e. The number of rotatable bonds is 5. The molecular formula is C18H21N5O2S. The van der Waals surface area contributed by atoms with E-state index < -0.39 is 0 Å². The third-order valence-corrected chi connectivity index (χ3v) is 5.02. The second kappa shape index (κ2) is 7.33. The molecule has 2 aromatic heterocycles. The summed E-state index contributed by atoms with van der Waals surface area (Å²) < 4.78 is 5.38. The molecule has 0 aliphatic carbocycles. The molecule has 8 heteroatoms. The molecule has 0 unspecified atom stereocenters. The van der Waals surface area contributed by atoms with Gasteiger partial charge in [-0.2, -0.15) is 15.0 Å². The van der Waals surface area contributed by atoms with Crippen LogP contribution in [0.25, 0.3) is 11.0 Å². The monoisotopic (exact) mass is 371 g/mol. The van der Waals surface area contributed by atoms with Crippen LogP contribution in [0.15, 0.2) is 27.4 Å². The number of nitrogens with zero attached hydrogens (tertiary/aromatic N) is 3. The van der Waals surface area contributed by atoms with Crippen LogP contribution in [0.4, 0.5) is 11.9 Å². The zero-order chi connectivity index (χ0) is 18.8. The molecule has 26 heavy (non-hydrogen) atoms. The number of aryl methyl sites for hydroxylation is 1. The highest BCUT2D eigenvalue weighted by Gasteiger charge is 2.12. The van der Waals surface area contributed by atoms with Crippen molar-refractivity contribution in [2.75, 3.05) is 11.5 Å². The first-order valence-electron chi connectivity index (χ1n) is 8.24. The number of thioether (sulfide) groups is 1. The topological polar surface area (TPSA) is 121 Å². The molecule has 0 spiro atoms. The Morgan fingerprint density at radius 3 is 2.42 bits per heavy atom. The highest BCUT2D eigenvalue weighted by molar-refractivity contribution is 7.97. The maximum atomic E-state index is 11.9. The summed E-state index contributed by atoms with van der Waals surface area (Å²) in [4.78, 5) is 23.8. The molecule has 0 aliphatic rings. The Morgan fingerprint density at radius 1 is 1.08 bits per heavy atom. The fourth-order valence-corrected chi connectivity index (χ4v) is 3.78. The van der Waals surface area contributed by atoms with Gasteiger partial charge in [0.2, 0.25) is 11.9 Å². The van der Waals surface area contributed by atoms with Gasteiger partial charge in [0.1, 0.15) is 11.4 Å². The van der Waals surface area contributed by atoms with E-state index in [9.17, 15) is 4.79 Å². The Morgan fingerprint density at radius 2 is 1.77 bits per heavy atom. The van der Waals surface area contributed by atoms with Crippen LogP contribution >= 0.6 is 11.8 Å². The summed E-state index contributed by atoms with van der Waals surface area (Å²) in [5.41, 5.74) is 14.7. The van der Waals surface area contributed by atoms with Crippen molar-refractivity contribution >= 4 is 34.6 Å². The molecule has 0 fully saturated rings. The summed E-state index contributed by atoms with van der Waals surface area (Å²) in [5, 5.41) is 0.959. The first kappa shape index (κ1) is 18.2. The second-order valence-electron chi connectivity index (χ2n) is 6.41. The number of hydrogen-bond donors (Lipinski definition) is 2. The van der Waals surface area contributed by atoms with Crippen LogP contribution in [-0.4, -0.2) is 15.0 Å². The van der Waals surface area contributed by atoms with E-state index in [2.05, 4.69) is 34.9 Å². The van der Waals surface area contributed by atoms with Crippen molar-refractivity contribution in [3.05, 3.63) is 51.1 Å². The van der Waals surface area contributed by atoms with E-state index in [1.165, 1.54) is 5.56 Å². The molecule has 0 radical (unpaired) electrons. The number of anilines is 2. The lowest BCUT2D eigenvalue weighted by molar-refractivity contribution is 0.559. The van der Waals surface area contributed by atoms with E-state index in [0.29, 0.717) is 28.8 Å². The lowest BCUT2D eigenvalue weighted by Gasteiger charge is -2.13. The van der Waals surface area contributed by atoms with E-state index in [1.807, 2.05) is 13.0 Å². The summed E-state index contributed by atoms with van der Waals surface area (Å²) in [5.74, 6) is 2.26. The van der Waals surface area contributed by atoms with Gasteiger partial charge in [0.05, 0.1) is 5.75 Å². The third kappa shape index (κ3) is 3.96. The third-order valence-electron chi connectivity index (χ3n) is 4.04. The van der Waals surface area contributed by atoms with Crippen LogP contribution in [0.5, 0.6) is 0 Å². The predicted octanol–water partition coefficient (Wildman–Crippen LogP) is 3.01. The molecule has 7 nitrogen and oxygen atoms in total. The van der Waals surface area contributed by atoms with Crippen molar-refractivity contribution in [3.63, 3.8) is 0 Å². The fraction of sp³-hybridized carbons (Fsp3) is 0.333. The van der Waals surface area contributed by atoms with Crippen molar-refractivity contribution in [3.8, 4) is 0 Å². The minimum absolute atomic E-state index is 0.107. The van der Waals surface area contributed by atoms with E-state index in [-0.39, 0.29) is 17.5 Å². The second-order valence-corrected chi connectivity index (χ2v) is 7.40. The summed E-state index contributed by atoms with van der Waals surface area (Å²) in [6.45, 7) is 6.33. The summed E-state index contributed by atoms with van der Waals surface area (Å²) in [7, 11) is 0. The molecule has 0 amide bonds. The van der Waals surface area contributed by atoms with Crippen molar-refractivity contribution in [2.24, 2.45) is 0 Å². The van der Waals surface area contributed by atoms with Crippen LogP contribution < -0.4 is 17.1 Å². The lowest BCUT2D eigenvalue weighted by Crippen LogP contribution is -2.06. The highest BCUT2D eigenvalue weighted by Crippen LogP contribution is 2.29. The van der Waals surface area contributed by atoms with Gasteiger partial charge in [0.15, 0.2) is 0 Å². The number of nitrogens with two attached hydrogens (primary N) is 2. The molecule has 3 aromatic rings. The van der Waals surface area contributed by atoms with Crippen molar-refractivity contribution < 1.29 is 4.42 Å². The molecule has 0 aliphatic heterocycles. The zero-order valence-corrected chi connectivity index (χ0v) is 15.8. The van der Waals surface area contributed by atoms with E-state index >= 15 is 0 Å². The fourth-order valence-electron chi connectivity index (χ4n) is 2.91. The first-order valence-corrected chi connectivity index (χ1v) is 9.40. The van der Waals surface area contributed by atoms with Gasteiger partial charge < -0.3 is 15.9 Å². The average molecular weight is 371 g/mol. The SMILES string of the molecule is Cc1cc2oc(=O)cc(CSCc3nc(N)nc(N)n3)c2cc1C(C)C. The Hall–Kier alpha value is -2.61. The van der Waals surface area contributed by atoms with Crippen molar-refractivity contribution in [1.29, 1.82) is 0 Å². The van der Waals surface area contributed by atoms with Crippen LogP contribution in [0.3, 0.4) is 0 Å². The Balaban J connectivity index is 1.89. The molecule has 136 valence electrons. The maximum Gasteiger partial charge on any atom is 0.336 e. The number of aromatic nitrogens is 3. The van der Waals surface area contributed by atoms with E-state index in [4.69, 9.17) is 15.9 Å². The zero-order valence-electron chi connectivity index (χ0n) is 14.9. The number of nitrogen functional groups attached to an aromatic ring is 2. The lowest BCUT2D eigenvalue weighted by atomic mass is 9.95. The Labute approximate surface area is 155 Å². The predicted molar refractivity (Wildman–Crippen MR) is 105 cm³/mol. The molecule has 2 heterocycles. The quantitative estimate of drug-likeness (QED) is 0.657. The molecule has 0 saturated carbocycles. The molecule has 0 atom stereocenters. The summed E-state index contributed by atoms with van der Waals surface area (Å²) in [6.07, 6.45) is 0. The van der Waals surface area contributed by atoms with Gasteiger partial charge in [-0.25, -0.2) is 4.79 Å². The molecule has 4 N–H and O–H groups in total. The van der Waals surface area contributed by atoms with Gasteiger partial charge in [-0.1, -0.05) is 13.8 Å². The van der Waals surface area contributed by atoms with Crippen molar-refractivity contribution in [2.45, 2.75) is 38.2 Å². The van der Waals surface area contributed by atoms with Crippen molar-refractivity contribution in [1.82, 2.24) is 15.0 Å². The molecule has 3 rings (SSSR count). The highest BCUT2D eigenvalue weighted by atomic mass is 32.2. The minimum atomic E-state index is -0.349. The number of fused-ring (bicyclic) bond motifs is 1. The molecule has 1 aromatic carbocycles. The standard InChI is InChI=1S/C18H21N5O2S/c1-9(2)12-6-13-11(5-16(24)25-14(13)4-10(12)3)7-26-8-15-21-17(19)23-18(20)22-15/h4-6,9H,7-8H2,1-3H3,(H4,19,20,21,22,23). The van der Waals surface area contributed by atoms with Gasteiger partial charge in [-0.15, -0.1) is 11.8 Å². The Bertz CT molecular complexity index is 996.